The van der Waals surface area contributed by atoms with Crippen molar-refractivity contribution < 1.29 is 37.7 Å². The van der Waals surface area contributed by atoms with Crippen LogP contribution in [0.25, 0.3) is 11.3 Å². The summed E-state index contributed by atoms with van der Waals surface area (Å²) in [4.78, 5) is 21.8. The number of hydrogen-bond donors (Lipinski definition) is 5. The third-order valence-corrected chi connectivity index (χ3v) is 6.60. The number of hydrogen-bond acceptors (Lipinski definition) is 12. The van der Waals surface area contributed by atoms with Gasteiger partial charge < -0.3 is 31.2 Å². The van der Waals surface area contributed by atoms with Crippen LogP contribution in [0.1, 0.15) is 28.6 Å². The standard InChI is InChI=1S/C25H26F3N7O5/c1-10-18-21(34-24(30)31-10)25(27,28)20(33-22(18)35-40-9-17-19(37)16(36)8-39-17)12-4-3-11(26)7-13(12)15-6-5-14(29)23(32-15)38-2/h3-7,16-17,19-20,36-37H,8-9,29H2,1-2H3,(H,33,35)(H2,30,31,34)/t16?,17?,19?,20-/m0/s1. The summed E-state index contributed by atoms with van der Waals surface area (Å²) in [6.45, 7) is 1.12. The Kier molecular flexibility index (Phi) is 7.22. The van der Waals surface area contributed by atoms with Crippen LogP contribution in [0.15, 0.2) is 35.3 Å². The average molecular weight is 562 g/mol. The van der Waals surface area contributed by atoms with Crippen molar-refractivity contribution in [1.82, 2.24) is 20.4 Å². The zero-order chi connectivity index (χ0) is 28.8. The highest BCUT2D eigenvalue weighted by Crippen LogP contribution is 2.49. The lowest BCUT2D eigenvalue weighted by Crippen LogP contribution is -2.41. The molecule has 0 spiro atoms. The van der Waals surface area contributed by atoms with Crippen molar-refractivity contribution in [2.75, 3.05) is 31.8 Å². The number of ether oxygens (including phenoxy) is 2. The van der Waals surface area contributed by atoms with Crippen LogP contribution >= 0.6 is 0 Å². The average Bonchev–Trinajstić information content (AvgIpc) is 3.23. The molecule has 3 unspecified atom stereocenters. The summed E-state index contributed by atoms with van der Waals surface area (Å²) in [5, 5.41) is 19.7. The molecule has 3 aromatic rings. The molecule has 2 aliphatic rings. The zero-order valence-electron chi connectivity index (χ0n) is 21.3. The molecule has 0 amide bonds. The van der Waals surface area contributed by atoms with Gasteiger partial charge in [-0.05, 0) is 36.8 Å². The summed E-state index contributed by atoms with van der Waals surface area (Å²) < 4.78 is 57.2. The van der Waals surface area contributed by atoms with E-state index in [9.17, 15) is 14.6 Å². The number of nitrogens with one attached hydrogen (secondary N) is 1. The van der Waals surface area contributed by atoms with Gasteiger partial charge in [0.05, 0.1) is 36.4 Å². The van der Waals surface area contributed by atoms with Crippen LogP contribution < -0.4 is 21.7 Å². The summed E-state index contributed by atoms with van der Waals surface area (Å²) >= 11 is 0. The van der Waals surface area contributed by atoms with E-state index in [1.54, 1.807) is 0 Å². The van der Waals surface area contributed by atoms with Gasteiger partial charge in [0.25, 0.3) is 0 Å². The fourth-order valence-corrected chi connectivity index (χ4v) is 4.63. The van der Waals surface area contributed by atoms with Gasteiger partial charge in [0.2, 0.25) is 11.8 Å². The highest BCUT2D eigenvalue weighted by molar-refractivity contribution is 6.01. The molecule has 2 aliphatic heterocycles. The molecular weight excluding hydrogens is 535 g/mol. The van der Waals surface area contributed by atoms with Crippen molar-refractivity contribution in [3.63, 3.8) is 0 Å². The number of alkyl halides is 2. The largest absolute Gasteiger partial charge is 0.480 e. The first-order valence-corrected chi connectivity index (χ1v) is 12.1. The number of aliphatic hydroxyl groups excluding tert-OH is 2. The van der Waals surface area contributed by atoms with E-state index in [0.29, 0.717) is 0 Å². The number of rotatable bonds is 6. The predicted octanol–water partition coefficient (Wildman–Crippen LogP) is 1.39. The van der Waals surface area contributed by atoms with Crippen LogP contribution in [0, 0.1) is 12.7 Å². The monoisotopic (exact) mass is 561 g/mol. The first-order valence-electron chi connectivity index (χ1n) is 12.1. The van der Waals surface area contributed by atoms with Gasteiger partial charge in [0.15, 0.2) is 5.84 Å². The molecule has 4 heterocycles. The second-order valence-electron chi connectivity index (χ2n) is 9.26. The zero-order valence-corrected chi connectivity index (χ0v) is 21.3. The minimum atomic E-state index is -3.73. The van der Waals surface area contributed by atoms with Crippen LogP contribution in [-0.4, -0.2) is 69.6 Å². The van der Waals surface area contributed by atoms with E-state index in [4.69, 9.17) is 25.8 Å². The summed E-state index contributed by atoms with van der Waals surface area (Å²) in [6.07, 6.45) is -3.15. The molecule has 1 fully saturated rings. The maximum Gasteiger partial charge on any atom is 0.316 e. The molecule has 1 saturated heterocycles. The maximum atomic E-state index is 16.2. The smallest absolute Gasteiger partial charge is 0.316 e. The Morgan fingerprint density at radius 1 is 1.15 bits per heavy atom. The lowest BCUT2D eigenvalue weighted by atomic mass is 9.88. The number of hydroxylamine groups is 1. The number of aliphatic hydroxyl groups is 2. The maximum absolute atomic E-state index is 16.2. The van der Waals surface area contributed by atoms with Gasteiger partial charge in [-0.2, -0.15) is 8.78 Å². The number of nitrogen functional groups attached to an aromatic ring is 2. The molecule has 40 heavy (non-hydrogen) atoms. The molecule has 7 N–H and O–H groups in total. The highest BCUT2D eigenvalue weighted by atomic mass is 19.3. The van der Waals surface area contributed by atoms with E-state index in [-0.39, 0.29) is 64.6 Å². The molecule has 12 nitrogen and oxygen atoms in total. The van der Waals surface area contributed by atoms with Crippen LogP contribution in [0.5, 0.6) is 5.88 Å². The Balaban J connectivity index is 1.59. The molecule has 212 valence electrons. The second-order valence-corrected chi connectivity index (χ2v) is 9.26. The van der Waals surface area contributed by atoms with Crippen molar-refractivity contribution in [3.05, 3.63) is 58.7 Å². The fraction of sp³-hybridized carbons (Fsp3) is 0.360. The number of methoxy groups -OCH3 is 1. The SMILES string of the molecule is COc1nc(-c2cc(F)ccc2[C@@H]2N=C(NOCC3OCC(O)C3O)c3c(C)nc(N)nc3C2(F)F)ccc1N. The van der Waals surface area contributed by atoms with Gasteiger partial charge >= 0.3 is 5.92 Å². The summed E-state index contributed by atoms with van der Waals surface area (Å²) in [7, 11) is 1.34. The van der Waals surface area contributed by atoms with Gasteiger partial charge in [-0.25, -0.2) is 24.8 Å². The summed E-state index contributed by atoms with van der Waals surface area (Å²) in [6, 6.07) is 4.24. The predicted molar refractivity (Wildman–Crippen MR) is 136 cm³/mol. The van der Waals surface area contributed by atoms with Crippen LogP contribution in [-0.2, 0) is 15.5 Å². The van der Waals surface area contributed by atoms with Crippen molar-refractivity contribution in [3.8, 4) is 17.1 Å². The van der Waals surface area contributed by atoms with Gasteiger partial charge in [-0.3, -0.25) is 9.83 Å². The molecule has 0 aliphatic carbocycles. The van der Waals surface area contributed by atoms with Gasteiger partial charge in [0.1, 0.15) is 42.5 Å². The molecule has 0 radical (unpaired) electrons. The van der Waals surface area contributed by atoms with Crippen molar-refractivity contribution >= 4 is 17.5 Å². The normalized spacial score (nSPS) is 23.4. The topological polar surface area (TPSA) is 183 Å². The van der Waals surface area contributed by atoms with E-state index >= 15 is 8.78 Å². The van der Waals surface area contributed by atoms with E-state index in [2.05, 4.69) is 25.4 Å². The van der Waals surface area contributed by atoms with Crippen LogP contribution in [0.2, 0.25) is 0 Å². The number of nitrogens with zero attached hydrogens (tertiary/aromatic N) is 4. The Morgan fingerprint density at radius 2 is 1.93 bits per heavy atom. The number of benzene rings is 1. The third kappa shape index (κ3) is 4.88. The van der Waals surface area contributed by atoms with Crippen LogP contribution in [0.4, 0.5) is 24.8 Å². The first-order chi connectivity index (χ1) is 19.0. The Morgan fingerprint density at radius 3 is 2.62 bits per heavy atom. The number of nitrogens with two attached hydrogens (primary N) is 2. The Bertz CT molecular complexity index is 1470. The number of aromatic nitrogens is 3. The molecule has 15 heteroatoms. The minimum absolute atomic E-state index is 0.0191. The van der Waals surface area contributed by atoms with E-state index < -0.39 is 41.8 Å². The third-order valence-electron chi connectivity index (χ3n) is 6.60. The molecule has 4 atom stereocenters. The van der Waals surface area contributed by atoms with Gasteiger partial charge in [-0.1, -0.05) is 6.07 Å². The second kappa shape index (κ2) is 10.5. The van der Waals surface area contributed by atoms with Crippen molar-refractivity contribution in [2.24, 2.45) is 4.99 Å². The number of aryl methyl sites for hydroxylation is 1. The number of halogens is 3. The lowest BCUT2D eigenvalue weighted by Gasteiger charge is -2.32. The number of pyridine rings is 1. The van der Waals surface area contributed by atoms with Crippen LogP contribution in [0.3, 0.4) is 0 Å². The minimum Gasteiger partial charge on any atom is -0.480 e. The number of amidine groups is 1. The molecule has 1 aromatic carbocycles. The first kappa shape index (κ1) is 27.5. The van der Waals surface area contributed by atoms with Gasteiger partial charge in [-0.15, -0.1) is 0 Å². The van der Waals surface area contributed by atoms with Crippen molar-refractivity contribution in [1.29, 1.82) is 0 Å². The lowest BCUT2D eigenvalue weighted by molar-refractivity contribution is -0.0501. The van der Waals surface area contributed by atoms with Gasteiger partial charge in [0, 0.05) is 5.56 Å². The quantitative estimate of drug-likeness (QED) is 0.274. The molecule has 0 saturated carbocycles. The molecule has 2 aromatic heterocycles. The Labute approximate surface area is 225 Å². The molecule has 5 rings (SSSR count). The number of aliphatic imine (C=N–C) groups is 1. The van der Waals surface area contributed by atoms with Crippen molar-refractivity contribution in [2.45, 2.75) is 37.2 Å². The van der Waals surface area contributed by atoms with E-state index in [1.807, 2.05) is 0 Å². The summed E-state index contributed by atoms with van der Waals surface area (Å²) in [5.41, 5.74) is 13.6. The summed E-state index contributed by atoms with van der Waals surface area (Å²) in [5.74, 6) is -4.93. The Hall–Kier alpha value is -4.05. The molecule has 0 bridgehead atoms. The van der Waals surface area contributed by atoms with E-state index in [0.717, 1.165) is 12.1 Å². The fourth-order valence-electron chi connectivity index (χ4n) is 4.63. The number of anilines is 2. The highest BCUT2D eigenvalue weighted by Gasteiger charge is 2.51. The number of fused-ring (bicyclic) bond motifs is 1. The molecular formula is C25H26F3N7O5. The van der Waals surface area contributed by atoms with E-state index in [1.165, 1.54) is 32.2 Å².